The molecule has 1 fully saturated rings. The summed E-state index contributed by atoms with van der Waals surface area (Å²) in [5.74, 6) is 2.90. The van der Waals surface area contributed by atoms with Gasteiger partial charge in [-0.3, -0.25) is 0 Å². The van der Waals surface area contributed by atoms with Gasteiger partial charge in [-0.25, -0.2) is 9.97 Å². The predicted molar refractivity (Wildman–Crippen MR) is 94.4 cm³/mol. The van der Waals surface area contributed by atoms with Crippen molar-refractivity contribution in [1.82, 2.24) is 24.7 Å². The molecule has 0 bridgehead atoms. The Kier molecular flexibility index (Phi) is 3.55. The zero-order chi connectivity index (χ0) is 16.7. The molecule has 4 rings (SSSR count). The van der Waals surface area contributed by atoms with Gasteiger partial charge in [-0.15, -0.1) is 10.2 Å². The molecule has 1 aromatic carbocycles. The lowest BCUT2D eigenvalue weighted by molar-refractivity contribution is 0.624. The van der Waals surface area contributed by atoms with E-state index in [1.807, 2.05) is 18.5 Å². The van der Waals surface area contributed by atoms with E-state index in [0.717, 1.165) is 54.7 Å². The van der Waals surface area contributed by atoms with Gasteiger partial charge >= 0.3 is 0 Å². The summed E-state index contributed by atoms with van der Waals surface area (Å²) < 4.78 is 2.04. The minimum Gasteiger partial charge on any atom is -0.352 e. The number of hydrogen-bond acceptors (Lipinski definition) is 6. The number of aryl methyl sites for hydroxylation is 2. The molecule has 0 unspecified atom stereocenters. The maximum Gasteiger partial charge on any atom is 0.227 e. The van der Waals surface area contributed by atoms with Gasteiger partial charge in [0, 0.05) is 38.6 Å². The molecular weight excluding hydrogens is 302 g/mol. The van der Waals surface area contributed by atoms with Crippen LogP contribution in [0, 0.1) is 13.8 Å². The van der Waals surface area contributed by atoms with E-state index >= 15 is 0 Å². The minimum atomic E-state index is 0.906. The van der Waals surface area contributed by atoms with Gasteiger partial charge in [-0.1, -0.05) is 11.6 Å². The molecule has 0 atom stereocenters. The predicted octanol–water partition coefficient (Wildman–Crippen LogP) is 1.70. The highest BCUT2D eigenvalue weighted by molar-refractivity contribution is 5.89. The summed E-state index contributed by atoms with van der Waals surface area (Å²) in [6.45, 7) is 7.71. The van der Waals surface area contributed by atoms with Gasteiger partial charge in [0.2, 0.25) is 5.95 Å². The van der Waals surface area contributed by atoms with E-state index in [0.29, 0.717) is 0 Å². The van der Waals surface area contributed by atoms with Crippen LogP contribution in [0.5, 0.6) is 0 Å². The van der Waals surface area contributed by atoms with Gasteiger partial charge in [0.1, 0.15) is 18.0 Å². The van der Waals surface area contributed by atoms with Crippen molar-refractivity contribution in [1.29, 1.82) is 0 Å². The highest BCUT2D eigenvalue weighted by Crippen LogP contribution is 2.25. The second-order valence-corrected chi connectivity index (χ2v) is 6.30. The first-order valence-electron chi connectivity index (χ1n) is 8.21. The van der Waals surface area contributed by atoms with Crippen LogP contribution in [0.1, 0.15) is 11.4 Å². The van der Waals surface area contributed by atoms with Crippen LogP contribution in [0.15, 0.2) is 24.5 Å². The third kappa shape index (κ3) is 2.46. The minimum absolute atomic E-state index is 0.906. The number of aromatic nitrogens is 5. The molecule has 1 aliphatic rings. The number of piperazine rings is 1. The molecule has 2 aromatic heterocycles. The Morgan fingerprint density at radius 3 is 2.38 bits per heavy atom. The Morgan fingerprint density at radius 1 is 0.917 bits per heavy atom. The molecule has 0 spiro atoms. The average Bonchev–Trinajstić information content (AvgIpc) is 2.94. The van der Waals surface area contributed by atoms with E-state index in [2.05, 4.69) is 55.1 Å². The number of nitrogens with zero attached hydrogens (tertiary/aromatic N) is 7. The highest BCUT2D eigenvalue weighted by Gasteiger charge is 2.23. The molecule has 3 aromatic rings. The van der Waals surface area contributed by atoms with Crippen molar-refractivity contribution in [2.45, 2.75) is 13.8 Å². The Labute approximate surface area is 141 Å². The zero-order valence-electron chi connectivity index (χ0n) is 14.3. The first-order valence-corrected chi connectivity index (χ1v) is 8.21. The van der Waals surface area contributed by atoms with Crippen molar-refractivity contribution >= 4 is 22.7 Å². The third-order valence-electron chi connectivity index (χ3n) is 4.70. The monoisotopic (exact) mass is 323 g/mol. The number of benzene rings is 1. The van der Waals surface area contributed by atoms with Crippen LogP contribution in [-0.4, -0.2) is 50.9 Å². The second kappa shape index (κ2) is 5.74. The smallest absolute Gasteiger partial charge is 0.227 e. The lowest BCUT2D eigenvalue weighted by atomic mass is 10.1. The summed E-state index contributed by atoms with van der Waals surface area (Å²) in [6, 6.07) is 6.32. The van der Waals surface area contributed by atoms with Gasteiger partial charge in [0.05, 0.1) is 5.52 Å². The number of anilines is 2. The molecule has 24 heavy (non-hydrogen) atoms. The van der Waals surface area contributed by atoms with Crippen LogP contribution in [0.2, 0.25) is 0 Å². The van der Waals surface area contributed by atoms with Crippen molar-refractivity contribution in [3.63, 3.8) is 0 Å². The van der Waals surface area contributed by atoms with Gasteiger partial charge in [-0.2, -0.15) is 0 Å². The largest absolute Gasteiger partial charge is 0.352 e. The van der Waals surface area contributed by atoms with Crippen molar-refractivity contribution < 1.29 is 0 Å². The topological polar surface area (TPSA) is 63.0 Å². The van der Waals surface area contributed by atoms with Crippen LogP contribution in [0.4, 0.5) is 11.8 Å². The molecule has 0 N–H and O–H groups in total. The molecule has 124 valence electrons. The normalized spacial score (nSPS) is 15.3. The molecule has 0 saturated carbocycles. The molecule has 1 saturated heterocycles. The van der Waals surface area contributed by atoms with E-state index in [1.165, 1.54) is 5.56 Å². The van der Waals surface area contributed by atoms with Crippen molar-refractivity contribution in [2.75, 3.05) is 36.0 Å². The van der Waals surface area contributed by atoms with Gasteiger partial charge in [0.25, 0.3) is 0 Å². The number of fused-ring (bicyclic) bond motifs is 1. The number of rotatable bonds is 2. The molecule has 0 aliphatic carbocycles. The van der Waals surface area contributed by atoms with Crippen molar-refractivity contribution in [3.05, 3.63) is 35.9 Å². The fraction of sp³-hybridized carbons (Fsp3) is 0.412. The van der Waals surface area contributed by atoms with E-state index < -0.39 is 0 Å². The molecule has 3 heterocycles. The fourth-order valence-electron chi connectivity index (χ4n) is 3.20. The lowest BCUT2D eigenvalue weighted by Crippen LogP contribution is -2.47. The number of hydrogen-bond donors (Lipinski definition) is 0. The lowest BCUT2D eigenvalue weighted by Gasteiger charge is -2.36. The van der Waals surface area contributed by atoms with E-state index in [4.69, 9.17) is 0 Å². The molecule has 0 amide bonds. The van der Waals surface area contributed by atoms with E-state index in [1.54, 1.807) is 6.33 Å². The van der Waals surface area contributed by atoms with Gasteiger partial charge < -0.3 is 14.4 Å². The summed E-state index contributed by atoms with van der Waals surface area (Å²) >= 11 is 0. The fourth-order valence-corrected chi connectivity index (χ4v) is 3.20. The third-order valence-corrected chi connectivity index (χ3v) is 4.70. The van der Waals surface area contributed by atoms with Crippen LogP contribution in [-0.2, 0) is 7.05 Å². The zero-order valence-corrected chi connectivity index (χ0v) is 14.3. The standard InChI is InChI=1S/C17H21N7/c1-12-4-5-15-14(10-12)16(19-11-18-15)23-6-8-24(9-7-23)17-21-20-13(2)22(17)3/h4-5,10-11H,6-9H2,1-3H3. The van der Waals surface area contributed by atoms with Crippen LogP contribution >= 0.6 is 0 Å². The summed E-state index contributed by atoms with van der Waals surface area (Å²) in [4.78, 5) is 13.6. The average molecular weight is 323 g/mol. The van der Waals surface area contributed by atoms with E-state index in [9.17, 15) is 0 Å². The summed E-state index contributed by atoms with van der Waals surface area (Å²) in [5.41, 5.74) is 2.23. The quantitative estimate of drug-likeness (QED) is 0.715. The van der Waals surface area contributed by atoms with Crippen molar-refractivity contribution in [2.24, 2.45) is 7.05 Å². The molecule has 1 aliphatic heterocycles. The maximum atomic E-state index is 4.55. The van der Waals surface area contributed by atoms with E-state index in [-0.39, 0.29) is 0 Å². The molecular formula is C17H21N7. The van der Waals surface area contributed by atoms with Gasteiger partial charge in [-0.05, 0) is 26.0 Å². The Morgan fingerprint density at radius 2 is 1.67 bits per heavy atom. The maximum absolute atomic E-state index is 4.55. The van der Waals surface area contributed by atoms with Gasteiger partial charge in [0.15, 0.2) is 0 Å². The summed E-state index contributed by atoms with van der Waals surface area (Å²) in [5, 5.41) is 9.57. The SMILES string of the molecule is Cc1ccc2ncnc(N3CCN(c4nnc(C)n4C)CC3)c2c1. The Hall–Kier alpha value is -2.70. The molecule has 0 radical (unpaired) electrons. The van der Waals surface area contributed by atoms with Crippen molar-refractivity contribution in [3.8, 4) is 0 Å². The Bertz CT molecular complexity index is 878. The molecule has 7 nitrogen and oxygen atoms in total. The second-order valence-electron chi connectivity index (χ2n) is 6.30. The summed E-state index contributed by atoms with van der Waals surface area (Å²) in [6.07, 6.45) is 1.66. The summed E-state index contributed by atoms with van der Waals surface area (Å²) in [7, 11) is 2.01. The first-order chi connectivity index (χ1) is 11.6. The van der Waals surface area contributed by atoms with Crippen LogP contribution in [0.25, 0.3) is 10.9 Å². The molecule has 7 heteroatoms. The first kappa shape index (κ1) is 14.9. The van der Waals surface area contributed by atoms with Crippen LogP contribution < -0.4 is 9.80 Å². The Balaban J connectivity index is 1.58. The van der Waals surface area contributed by atoms with Crippen LogP contribution in [0.3, 0.4) is 0 Å². The highest BCUT2D eigenvalue weighted by atomic mass is 15.4.